The van der Waals surface area contributed by atoms with Gasteiger partial charge in [0.2, 0.25) is 0 Å². The number of hydrogen-bond donors (Lipinski definition) is 1. The summed E-state index contributed by atoms with van der Waals surface area (Å²) in [5.74, 6) is 0.537. The van der Waals surface area contributed by atoms with Gasteiger partial charge in [-0.25, -0.2) is 4.68 Å². The maximum atomic E-state index is 12.5. The van der Waals surface area contributed by atoms with Gasteiger partial charge in [0.05, 0.1) is 6.04 Å². The molecule has 0 bridgehead atoms. The number of hydrogen-bond acceptors (Lipinski definition) is 4. The molecular weight excluding hydrogens is 314 g/mol. The lowest BCUT2D eigenvalue weighted by Gasteiger charge is -2.09. The highest BCUT2D eigenvalue weighted by molar-refractivity contribution is 5.95. The summed E-state index contributed by atoms with van der Waals surface area (Å²) in [6, 6.07) is 15.6. The fraction of sp³-hybridized carbons (Fsp3) is 0.263. The van der Waals surface area contributed by atoms with Crippen LogP contribution < -0.4 is 5.32 Å². The predicted octanol–water partition coefficient (Wildman–Crippen LogP) is 3.16. The summed E-state index contributed by atoms with van der Waals surface area (Å²) in [5.41, 5.74) is 3.66. The molecule has 0 radical (unpaired) electrons. The zero-order chi connectivity index (χ0) is 17.8. The Morgan fingerprint density at radius 3 is 2.72 bits per heavy atom. The van der Waals surface area contributed by atoms with Crippen molar-refractivity contribution in [1.29, 1.82) is 0 Å². The van der Waals surface area contributed by atoms with Crippen LogP contribution in [0.25, 0.3) is 11.4 Å². The molecule has 3 rings (SSSR count). The van der Waals surface area contributed by atoms with E-state index in [2.05, 4.69) is 26.9 Å². The Morgan fingerprint density at radius 1 is 1.16 bits per heavy atom. The number of carbonyl (C=O) groups excluding carboxylic acids is 1. The van der Waals surface area contributed by atoms with Gasteiger partial charge < -0.3 is 5.32 Å². The molecule has 3 aromatic rings. The maximum absolute atomic E-state index is 12.5. The van der Waals surface area contributed by atoms with Gasteiger partial charge in [-0.3, -0.25) is 4.79 Å². The number of carbonyl (C=O) groups is 1. The molecule has 0 saturated carbocycles. The van der Waals surface area contributed by atoms with Crippen molar-refractivity contribution in [2.45, 2.75) is 33.4 Å². The van der Waals surface area contributed by atoms with Crippen molar-refractivity contribution in [3.8, 4) is 11.4 Å². The van der Waals surface area contributed by atoms with E-state index in [1.54, 1.807) is 10.7 Å². The molecule has 6 heteroatoms. The van der Waals surface area contributed by atoms with Crippen LogP contribution in [0.4, 0.5) is 0 Å². The third-order valence-electron chi connectivity index (χ3n) is 3.90. The van der Waals surface area contributed by atoms with E-state index in [1.807, 2.05) is 57.2 Å². The van der Waals surface area contributed by atoms with Crippen LogP contribution in [-0.2, 0) is 6.54 Å². The van der Waals surface area contributed by atoms with Crippen molar-refractivity contribution in [3.63, 3.8) is 0 Å². The third-order valence-corrected chi connectivity index (χ3v) is 3.90. The Hall–Kier alpha value is -3.02. The molecule has 0 aliphatic carbocycles. The predicted molar refractivity (Wildman–Crippen MR) is 96.0 cm³/mol. The number of aryl methyl sites for hydroxylation is 1. The van der Waals surface area contributed by atoms with Gasteiger partial charge in [0.25, 0.3) is 5.91 Å². The lowest BCUT2D eigenvalue weighted by atomic mass is 10.1. The van der Waals surface area contributed by atoms with Crippen LogP contribution in [-0.4, -0.2) is 26.1 Å². The first-order chi connectivity index (χ1) is 12.0. The maximum Gasteiger partial charge on any atom is 0.251 e. The normalized spacial score (nSPS) is 10.9. The molecule has 1 aromatic heterocycles. The summed E-state index contributed by atoms with van der Waals surface area (Å²) in [5, 5.41) is 14.8. The molecular formula is C19H21N5O. The first-order valence-electron chi connectivity index (χ1n) is 8.26. The highest BCUT2D eigenvalue weighted by Gasteiger charge is 2.13. The zero-order valence-electron chi connectivity index (χ0n) is 14.6. The molecule has 0 saturated heterocycles. The Labute approximate surface area is 146 Å². The summed E-state index contributed by atoms with van der Waals surface area (Å²) in [4.78, 5) is 12.5. The summed E-state index contributed by atoms with van der Waals surface area (Å²) in [7, 11) is 0. The van der Waals surface area contributed by atoms with Crippen molar-refractivity contribution in [1.82, 2.24) is 25.5 Å². The standard InChI is InChI=1S/C19H21N5O/c1-13(2)24-18(21-22-23-24)16-8-5-9-17(11-16)19(25)20-12-15-7-4-6-14(3)10-15/h4-11,13H,12H2,1-3H3,(H,20,25). The summed E-state index contributed by atoms with van der Waals surface area (Å²) < 4.78 is 1.74. The minimum atomic E-state index is -0.119. The van der Waals surface area contributed by atoms with Gasteiger partial charge in [-0.05, 0) is 48.9 Å². The Bertz CT molecular complexity index is 885. The fourth-order valence-corrected chi connectivity index (χ4v) is 2.64. The second-order valence-electron chi connectivity index (χ2n) is 6.29. The van der Waals surface area contributed by atoms with Gasteiger partial charge in [0.1, 0.15) is 0 Å². The highest BCUT2D eigenvalue weighted by atomic mass is 16.1. The Morgan fingerprint density at radius 2 is 1.96 bits per heavy atom. The van der Waals surface area contributed by atoms with Gasteiger partial charge in [-0.2, -0.15) is 0 Å². The molecule has 0 spiro atoms. The van der Waals surface area contributed by atoms with Crippen molar-refractivity contribution in [2.75, 3.05) is 0 Å². The molecule has 2 aromatic carbocycles. The topological polar surface area (TPSA) is 72.7 Å². The van der Waals surface area contributed by atoms with Gasteiger partial charge >= 0.3 is 0 Å². The third kappa shape index (κ3) is 3.91. The molecule has 1 heterocycles. The van der Waals surface area contributed by atoms with E-state index >= 15 is 0 Å². The number of nitrogens with zero attached hydrogens (tertiary/aromatic N) is 4. The smallest absolute Gasteiger partial charge is 0.251 e. The van der Waals surface area contributed by atoms with E-state index in [-0.39, 0.29) is 11.9 Å². The largest absolute Gasteiger partial charge is 0.348 e. The Kier molecular flexibility index (Phi) is 4.88. The highest BCUT2D eigenvalue weighted by Crippen LogP contribution is 2.20. The minimum absolute atomic E-state index is 0.119. The van der Waals surface area contributed by atoms with E-state index in [1.165, 1.54) is 5.56 Å². The number of amides is 1. The number of tetrazole rings is 1. The first kappa shape index (κ1) is 16.8. The van der Waals surface area contributed by atoms with E-state index in [9.17, 15) is 4.79 Å². The average Bonchev–Trinajstić information content (AvgIpc) is 3.10. The lowest BCUT2D eigenvalue weighted by molar-refractivity contribution is 0.0951. The molecule has 0 aliphatic rings. The second-order valence-corrected chi connectivity index (χ2v) is 6.29. The van der Waals surface area contributed by atoms with Crippen LogP contribution in [0.1, 0.15) is 41.4 Å². The molecule has 25 heavy (non-hydrogen) atoms. The Balaban J connectivity index is 1.77. The van der Waals surface area contributed by atoms with Crippen LogP contribution in [0.2, 0.25) is 0 Å². The van der Waals surface area contributed by atoms with Gasteiger partial charge in [-0.15, -0.1) is 5.10 Å². The summed E-state index contributed by atoms with van der Waals surface area (Å²) >= 11 is 0. The molecule has 128 valence electrons. The van der Waals surface area contributed by atoms with Crippen LogP contribution in [0.15, 0.2) is 48.5 Å². The quantitative estimate of drug-likeness (QED) is 0.777. The molecule has 6 nitrogen and oxygen atoms in total. The SMILES string of the molecule is Cc1cccc(CNC(=O)c2cccc(-c3nnnn3C(C)C)c2)c1. The molecule has 1 N–H and O–H groups in total. The minimum Gasteiger partial charge on any atom is -0.348 e. The number of rotatable bonds is 5. The summed E-state index contributed by atoms with van der Waals surface area (Å²) in [6.07, 6.45) is 0. The van der Waals surface area contributed by atoms with Crippen LogP contribution in [0, 0.1) is 6.92 Å². The van der Waals surface area contributed by atoms with Gasteiger partial charge in [-0.1, -0.05) is 42.0 Å². The average molecular weight is 335 g/mol. The van der Waals surface area contributed by atoms with E-state index in [4.69, 9.17) is 0 Å². The number of nitrogens with one attached hydrogen (secondary N) is 1. The van der Waals surface area contributed by atoms with Crippen LogP contribution in [0.3, 0.4) is 0 Å². The van der Waals surface area contributed by atoms with E-state index in [0.29, 0.717) is 17.9 Å². The fourth-order valence-electron chi connectivity index (χ4n) is 2.64. The van der Waals surface area contributed by atoms with Crippen molar-refractivity contribution >= 4 is 5.91 Å². The second kappa shape index (κ2) is 7.25. The van der Waals surface area contributed by atoms with Crippen molar-refractivity contribution in [3.05, 3.63) is 65.2 Å². The molecule has 1 amide bonds. The lowest BCUT2D eigenvalue weighted by Crippen LogP contribution is -2.22. The molecule has 0 fully saturated rings. The van der Waals surface area contributed by atoms with Crippen molar-refractivity contribution in [2.24, 2.45) is 0 Å². The zero-order valence-corrected chi connectivity index (χ0v) is 14.6. The van der Waals surface area contributed by atoms with Gasteiger partial charge in [0.15, 0.2) is 5.82 Å². The number of benzene rings is 2. The van der Waals surface area contributed by atoms with Crippen LogP contribution in [0.5, 0.6) is 0 Å². The number of aromatic nitrogens is 4. The molecule has 0 unspecified atom stereocenters. The van der Waals surface area contributed by atoms with E-state index < -0.39 is 0 Å². The first-order valence-corrected chi connectivity index (χ1v) is 8.26. The monoisotopic (exact) mass is 335 g/mol. The van der Waals surface area contributed by atoms with Crippen LogP contribution >= 0.6 is 0 Å². The van der Waals surface area contributed by atoms with E-state index in [0.717, 1.165) is 11.1 Å². The van der Waals surface area contributed by atoms with Gasteiger partial charge in [0, 0.05) is 17.7 Å². The molecule has 0 aliphatic heterocycles. The molecule has 0 atom stereocenters. The summed E-state index contributed by atoms with van der Waals surface area (Å²) in [6.45, 7) is 6.55. The van der Waals surface area contributed by atoms with Crippen molar-refractivity contribution < 1.29 is 4.79 Å².